The molecule has 5 unspecified atom stereocenters. The van der Waals surface area contributed by atoms with Crippen LogP contribution in [0, 0.1) is 29.6 Å². The summed E-state index contributed by atoms with van der Waals surface area (Å²) in [5, 5.41) is 0. The van der Waals surface area contributed by atoms with Gasteiger partial charge in [-0.1, -0.05) is 32.4 Å². The third-order valence-electron chi connectivity index (χ3n) is 9.18. The van der Waals surface area contributed by atoms with E-state index in [-0.39, 0.29) is 0 Å². The van der Waals surface area contributed by atoms with Gasteiger partial charge in [-0.05, 0) is 86.0 Å². The van der Waals surface area contributed by atoms with Crippen molar-refractivity contribution in [3.05, 3.63) is 47.7 Å². The lowest BCUT2D eigenvalue weighted by Crippen LogP contribution is -2.17. The van der Waals surface area contributed by atoms with Crippen molar-refractivity contribution in [3.63, 3.8) is 0 Å². The second-order valence-electron chi connectivity index (χ2n) is 11.1. The molecule has 1 aromatic carbocycles. The number of rotatable bonds is 5. The van der Waals surface area contributed by atoms with Gasteiger partial charge in [0.1, 0.15) is 0 Å². The molecule has 3 aliphatic rings. The van der Waals surface area contributed by atoms with Gasteiger partial charge in [-0.2, -0.15) is 0 Å². The molecule has 4 heteroatoms. The summed E-state index contributed by atoms with van der Waals surface area (Å²) in [5.74, 6) is 4.36. The van der Waals surface area contributed by atoms with Gasteiger partial charge < -0.3 is 15.6 Å². The quantitative estimate of drug-likeness (QED) is 0.498. The monoisotopic (exact) mass is 442 g/mol. The minimum absolute atomic E-state index is 0.548. The summed E-state index contributed by atoms with van der Waals surface area (Å²) in [7, 11) is 0. The summed E-state index contributed by atoms with van der Waals surface area (Å²) in [6.07, 6.45) is 7.92. The molecule has 3 fully saturated rings. The first-order chi connectivity index (χ1) is 16.1. The highest BCUT2D eigenvalue weighted by Crippen LogP contribution is 2.54. The summed E-state index contributed by atoms with van der Waals surface area (Å²) in [5.41, 5.74) is 14.6. The number of anilines is 1. The minimum Gasteiger partial charge on any atom is -0.372 e. The molecule has 0 radical (unpaired) electrons. The smallest absolute Gasteiger partial charge is 0.0934 e. The number of nitrogens with two attached hydrogens (primary N) is 1. The van der Waals surface area contributed by atoms with Crippen LogP contribution in [-0.2, 0) is 13.0 Å². The Morgan fingerprint density at radius 1 is 1.00 bits per heavy atom. The Kier molecular flexibility index (Phi) is 5.44. The number of H-pyrrole nitrogens is 1. The molecular formula is C29H38N4. The lowest BCUT2D eigenvalue weighted by molar-refractivity contribution is 0.287. The second-order valence-corrected chi connectivity index (χ2v) is 11.1. The summed E-state index contributed by atoms with van der Waals surface area (Å²) in [6.45, 7) is 7.86. The van der Waals surface area contributed by atoms with Gasteiger partial charge in [-0.25, -0.2) is 4.98 Å². The number of pyridine rings is 1. The van der Waals surface area contributed by atoms with Crippen LogP contribution in [0.1, 0.15) is 57.2 Å². The maximum Gasteiger partial charge on any atom is 0.0934 e. The standard InChI is InChI=1S/C29H38N4/c1-18-5-10-23-21(15-19(2)28(18)23)16-27-24(17-30)29-26(31-27)12-11-25(32-29)20-6-8-22(9-7-20)33-13-3-4-14-33/h6-9,11-12,18-19,21,23,28,31H,3-5,10,13-17,30H2,1-2H3. The van der Waals surface area contributed by atoms with Crippen molar-refractivity contribution in [2.45, 2.75) is 58.9 Å². The maximum absolute atomic E-state index is 6.30. The Bertz CT molecular complexity index is 1120. The molecule has 3 heterocycles. The topological polar surface area (TPSA) is 57.9 Å². The third-order valence-corrected chi connectivity index (χ3v) is 9.18. The molecule has 6 rings (SSSR count). The van der Waals surface area contributed by atoms with Gasteiger partial charge in [0.05, 0.1) is 16.7 Å². The fourth-order valence-corrected chi connectivity index (χ4v) is 7.65. The molecule has 174 valence electrons. The van der Waals surface area contributed by atoms with Gasteiger partial charge >= 0.3 is 0 Å². The molecule has 0 bridgehead atoms. The first-order valence-corrected chi connectivity index (χ1v) is 13.2. The van der Waals surface area contributed by atoms with Gasteiger partial charge in [0.2, 0.25) is 0 Å². The van der Waals surface area contributed by atoms with Gasteiger partial charge in [0, 0.05) is 42.1 Å². The summed E-state index contributed by atoms with van der Waals surface area (Å²) in [6, 6.07) is 13.3. The third kappa shape index (κ3) is 3.67. The molecule has 2 aliphatic carbocycles. The van der Waals surface area contributed by atoms with Crippen molar-refractivity contribution in [2.24, 2.45) is 35.3 Å². The van der Waals surface area contributed by atoms with Crippen LogP contribution in [0.15, 0.2) is 36.4 Å². The Morgan fingerprint density at radius 2 is 1.79 bits per heavy atom. The summed E-state index contributed by atoms with van der Waals surface area (Å²) in [4.78, 5) is 11.3. The normalized spacial score (nSPS) is 29.3. The summed E-state index contributed by atoms with van der Waals surface area (Å²) >= 11 is 0. The van der Waals surface area contributed by atoms with Crippen LogP contribution >= 0.6 is 0 Å². The van der Waals surface area contributed by atoms with Crippen LogP contribution in [0.2, 0.25) is 0 Å². The Labute approximate surface area is 198 Å². The molecule has 33 heavy (non-hydrogen) atoms. The number of aromatic nitrogens is 2. The number of hydrogen-bond acceptors (Lipinski definition) is 3. The zero-order valence-electron chi connectivity index (χ0n) is 20.2. The fourth-order valence-electron chi connectivity index (χ4n) is 7.65. The van der Waals surface area contributed by atoms with E-state index in [4.69, 9.17) is 10.7 Å². The van der Waals surface area contributed by atoms with Crippen molar-refractivity contribution in [3.8, 4) is 11.3 Å². The fraction of sp³-hybridized carbons (Fsp3) is 0.552. The van der Waals surface area contributed by atoms with Crippen LogP contribution in [0.5, 0.6) is 0 Å². The second kappa shape index (κ2) is 8.47. The van der Waals surface area contributed by atoms with Crippen molar-refractivity contribution in [1.82, 2.24) is 9.97 Å². The summed E-state index contributed by atoms with van der Waals surface area (Å²) < 4.78 is 0. The van der Waals surface area contributed by atoms with Crippen molar-refractivity contribution in [1.29, 1.82) is 0 Å². The predicted octanol–water partition coefficient (Wildman–Crippen LogP) is 6.15. The van der Waals surface area contributed by atoms with E-state index >= 15 is 0 Å². The SMILES string of the molecule is CC1CCC2C(Cc3[nH]c4ccc(-c5ccc(N6CCCC6)cc5)nc4c3CN)CC(C)C12. The molecule has 2 saturated carbocycles. The maximum atomic E-state index is 6.30. The van der Waals surface area contributed by atoms with Gasteiger partial charge in [0.25, 0.3) is 0 Å². The average Bonchev–Trinajstić information content (AvgIpc) is 3.60. The molecule has 3 N–H and O–H groups in total. The Hall–Kier alpha value is -2.33. The van der Waals surface area contributed by atoms with Crippen LogP contribution in [-0.4, -0.2) is 23.1 Å². The van der Waals surface area contributed by atoms with E-state index in [0.717, 1.165) is 52.7 Å². The lowest BCUT2D eigenvalue weighted by Gasteiger charge is -2.20. The van der Waals surface area contributed by atoms with Crippen LogP contribution in [0.25, 0.3) is 22.3 Å². The number of nitrogens with one attached hydrogen (secondary N) is 1. The lowest BCUT2D eigenvalue weighted by atomic mass is 9.85. The Morgan fingerprint density at radius 3 is 2.55 bits per heavy atom. The van der Waals surface area contributed by atoms with E-state index in [1.165, 1.54) is 67.7 Å². The first-order valence-electron chi connectivity index (χ1n) is 13.2. The Balaban J connectivity index is 1.28. The molecule has 0 amide bonds. The van der Waals surface area contributed by atoms with Crippen molar-refractivity contribution < 1.29 is 0 Å². The number of nitrogens with zero attached hydrogens (tertiary/aromatic N) is 2. The molecule has 1 saturated heterocycles. The van der Waals surface area contributed by atoms with E-state index in [2.05, 4.69) is 60.1 Å². The van der Waals surface area contributed by atoms with Crippen molar-refractivity contribution in [2.75, 3.05) is 18.0 Å². The first kappa shape index (κ1) is 21.2. The number of hydrogen-bond donors (Lipinski definition) is 2. The molecule has 4 nitrogen and oxygen atoms in total. The van der Waals surface area contributed by atoms with Gasteiger partial charge in [0.15, 0.2) is 0 Å². The highest BCUT2D eigenvalue weighted by Gasteiger charge is 2.47. The largest absolute Gasteiger partial charge is 0.372 e. The van der Waals surface area contributed by atoms with E-state index < -0.39 is 0 Å². The van der Waals surface area contributed by atoms with E-state index in [9.17, 15) is 0 Å². The van der Waals surface area contributed by atoms with Crippen LogP contribution < -0.4 is 10.6 Å². The van der Waals surface area contributed by atoms with Crippen LogP contribution in [0.4, 0.5) is 5.69 Å². The zero-order chi connectivity index (χ0) is 22.5. The minimum atomic E-state index is 0.548. The van der Waals surface area contributed by atoms with Gasteiger partial charge in [-0.15, -0.1) is 0 Å². The molecule has 2 aromatic heterocycles. The van der Waals surface area contributed by atoms with Crippen LogP contribution in [0.3, 0.4) is 0 Å². The molecule has 3 aromatic rings. The van der Waals surface area contributed by atoms with E-state index in [0.29, 0.717) is 6.54 Å². The van der Waals surface area contributed by atoms with Crippen molar-refractivity contribution >= 4 is 16.7 Å². The zero-order valence-corrected chi connectivity index (χ0v) is 20.2. The van der Waals surface area contributed by atoms with E-state index in [1.807, 2.05) is 0 Å². The van der Waals surface area contributed by atoms with E-state index in [1.54, 1.807) is 0 Å². The molecule has 5 atom stereocenters. The van der Waals surface area contributed by atoms with Gasteiger partial charge in [-0.3, -0.25) is 0 Å². The number of aromatic amines is 1. The highest BCUT2D eigenvalue weighted by molar-refractivity contribution is 5.83. The molecular weight excluding hydrogens is 404 g/mol. The highest BCUT2D eigenvalue weighted by atomic mass is 15.1. The molecule has 0 spiro atoms. The molecule has 1 aliphatic heterocycles. The predicted molar refractivity (Wildman–Crippen MR) is 137 cm³/mol. The average molecular weight is 443 g/mol. The number of fused-ring (bicyclic) bond motifs is 2. The number of benzene rings is 1.